The Hall–Kier alpha value is -1.33. The Balaban J connectivity index is 1.69. The minimum atomic E-state index is -0.540. The van der Waals surface area contributed by atoms with Gasteiger partial charge in [0.2, 0.25) is 0 Å². The van der Waals surface area contributed by atoms with Gasteiger partial charge in [-0.2, -0.15) is 0 Å². The molecule has 1 amide bonds. The molecule has 1 unspecified atom stereocenters. The molecule has 2 saturated heterocycles. The number of hydrogen-bond acceptors (Lipinski definition) is 4. The Morgan fingerprint density at radius 3 is 2.89 bits per heavy atom. The van der Waals surface area contributed by atoms with Gasteiger partial charge in [0.1, 0.15) is 0 Å². The maximum atomic E-state index is 12.3. The van der Waals surface area contributed by atoms with Crippen molar-refractivity contribution in [2.75, 3.05) is 26.3 Å². The normalized spacial score (nSPS) is 26.6. The van der Waals surface area contributed by atoms with Crippen LogP contribution in [0.4, 0.5) is 0 Å². The summed E-state index contributed by atoms with van der Waals surface area (Å²) in [5.41, 5.74) is 0. The third kappa shape index (κ3) is 2.40. The van der Waals surface area contributed by atoms with Crippen molar-refractivity contribution in [1.82, 2.24) is 4.90 Å². The average Bonchev–Trinajstić information content (AvgIpc) is 3.10. The highest BCUT2D eigenvalue weighted by Gasteiger charge is 2.42. The Morgan fingerprint density at radius 2 is 2.21 bits per heavy atom. The van der Waals surface area contributed by atoms with E-state index in [1.54, 1.807) is 12.1 Å². The molecule has 5 nitrogen and oxygen atoms in total. The fourth-order valence-electron chi connectivity index (χ4n) is 2.91. The minimum absolute atomic E-state index is 0.0451. The van der Waals surface area contributed by atoms with E-state index in [2.05, 4.69) is 0 Å². The lowest BCUT2D eigenvalue weighted by Gasteiger charge is -2.39. The molecule has 1 aromatic rings. The maximum Gasteiger partial charge on any atom is 0.289 e. The number of rotatable bonds is 2. The van der Waals surface area contributed by atoms with E-state index in [-0.39, 0.29) is 11.8 Å². The van der Waals surface area contributed by atoms with Gasteiger partial charge in [0, 0.05) is 19.0 Å². The van der Waals surface area contributed by atoms with Gasteiger partial charge in [-0.05, 0) is 31.9 Å². The summed E-state index contributed by atoms with van der Waals surface area (Å²) in [7, 11) is 0. The molecule has 104 valence electrons. The van der Waals surface area contributed by atoms with Gasteiger partial charge in [-0.3, -0.25) is 4.79 Å². The van der Waals surface area contributed by atoms with Gasteiger partial charge in [-0.15, -0.1) is 0 Å². The number of carbonyl (C=O) groups is 1. The van der Waals surface area contributed by atoms with Crippen LogP contribution in [0.2, 0.25) is 0 Å². The first kappa shape index (κ1) is 12.7. The minimum Gasteiger partial charge on any atom is -0.459 e. The molecule has 2 aliphatic rings. The summed E-state index contributed by atoms with van der Waals surface area (Å²) in [4.78, 5) is 14.1. The van der Waals surface area contributed by atoms with Gasteiger partial charge in [0.25, 0.3) is 5.91 Å². The lowest BCUT2D eigenvalue weighted by Crippen LogP contribution is -2.48. The molecule has 2 fully saturated rings. The molecule has 2 aliphatic heterocycles. The molecular weight excluding hydrogens is 246 g/mol. The first-order valence-corrected chi connectivity index (χ1v) is 6.80. The van der Waals surface area contributed by atoms with Gasteiger partial charge >= 0.3 is 0 Å². The van der Waals surface area contributed by atoms with Crippen molar-refractivity contribution in [2.24, 2.45) is 5.92 Å². The van der Waals surface area contributed by atoms with Crippen molar-refractivity contribution < 1.29 is 18.7 Å². The van der Waals surface area contributed by atoms with E-state index < -0.39 is 5.79 Å². The number of hydrogen-bond donors (Lipinski definition) is 0. The molecule has 0 radical (unpaired) electrons. The standard InChI is InChI=1S/C14H19NO4/c1-14(18-8-9-19-14)11-4-2-6-15(10-11)13(16)12-5-3-7-17-12/h3,5,7,11H,2,4,6,8-10H2,1H3. The Labute approximate surface area is 112 Å². The molecule has 19 heavy (non-hydrogen) atoms. The fraction of sp³-hybridized carbons (Fsp3) is 0.643. The first-order valence-electron chi connectivity index (χ1n) is 6.80. The largest absolute Gasteiger partial charge is 0.459 e. The molecule has 0 bridgehead atoms. The van der Waals surface area contributed by atoms with Crippen molar-refractivity contribution >= 4 is 5.91 Å². The lowest BCUT2D eigenvalue weighted by atomic mass is 9.90. The molecular formula is C14H19NO4. The lowest BCUT2D eigenvalue weighted by molar-refractivity contribution is -0.189. The van der Waals surface area contributed by atoms with Crippen molar-refractivity contribution in [3.63, 3.8) is 0 Å². The number of likely N-dealkylation sites (tertiary alicyclic amines) is 1. The Bertz CT molecular complexity index is 436. The number of ether oxygens (including phenoxy) is 2. The van der Waals surface area contributed by atoms with E-state index >= 15 is 0 Å². The van der Waals surface area contributed by atoms with E-state index in [4.69, 9.17) is 13.9 Å². The molecule has 1 aromatic heterocycles. The Kier molecular flexibility index (Phi) is 3.33. The fourth-order valence-corrected chi connectivity index (χ4v) is 2.91. The van der Waals surface area contributed by atoms with Crippen LogP contribution in [0.5, 0.6) is 0 Å². The smallest absolute Gasteiger partial charge is 0.289 e. The summed E-state index contributed by atoms with van der Waals surface area (Å²) in [6.07, 6.45) is 3.52. The predicted octanol–water partition coefficient (Wildman–Crippen LogP) is 1.89. The van der Waals surface area contributed by atoms with Crippen LogP contribution in [0.3, 0.4) is 0 Å². The van der Waals surface area contributed by atoms with Gasteiger partial charge in [-0.25, -0.2) is 0 Å². The molecule has 0 aromatic carbocycles. The van der Waals surface area contributed by atoms with Gasteiger partial charge in [0.05, 0.1) is 19.5 Å². The third-order valence-corrected chi connectivity index (χ3v) is 4.04. The van der Waals surface area contributed by atoms with Crippen LogP contribution in [0.25, 0.3) is 0 Å². The zero-order valence-corrected chi connectivity index (χ0v) is 11.1. The predicted molar refractivity (Wildman–Crippen MR) is 67.6 cm³/mol. The summed E-state index contributed by atoms with van der Waals surface area (Å²) in [6.45, 7) is 4.69. The van der Waals surface area contributed by atoms with Crippen LogP contribution in [0.15, 0.2) is 22.8 Å². The number of carbonyl (C=O) groups excluding carboxylic acids is 1. The monoisotopic (exact) mass is 265 g/mol. The van der Waals surface area contributed by atoms with E-state index in [1.807, 2.05) is 11.8 Å². The summed E-state index contributed by atoms with van der Waals surface area (Å²) in [6, 6.07) is 3.44. The SMILES string of the molecule is CC1(C2CCCN(C(=O)c3ccco3)C2)OCCO1. The first-order chi connectivity index (χ1) is 9.19. The highest BCUT2D eigenvalue weighted by atomic mass is 16.7. The zero-order chi connectivity index (χ0) is 13.3. The van der Waals surface area contributed by atoms with Crippen LogP contribution >= 0.6 is 0 Å². The average molecular weight is 265 g/mol. The number of nitrogens with zero attached hydrogens (tertiary/aromatic N) is 1. The highest BCUT2D eigenvalue weighted by Crippen LogP contribution is 2.34. The molecule has 0 saturated carbocycles. The third-order valence-electron chi connectivity index (χ3n) is 4.04. The summed E-state index contributed by atoms with van der Waals surface area (Å²) in [5, 5.41) is 0. The second-order valence-corrected chi connectivity index (χ2v) is 5.28. The highest BCUT2D eigenvalue weighted by molar-refractivity contribution is 5.91. The molecule has 0 aliphatic carbocycles. The number of amides is 1. The quantitative estimate of drug-likeness (QED) is 0.819. The summed E-state index contributed by atoms with van der Waals surface area (Å²) in [5.74, 6) is 0.0419. The van der Waals surface area contributed by atoms with Crippen molar-refractivity contribution in [3.8, 4) is 0 Å². The Morgan fingerprint density at radius 1 is 1.42 bits per heavy atom. The van der Waals surface area contributed by atoms with Crippen LogP contribution in [-0.4, -0.2) is 42.9 Å². The molecule has 0 N–H and O–H groups in total. The van der Waals surface area contributed by atoms with Gasteiger partial charge < -0.3 is 18.8 Å². The van der Waals surface area contributed by atoms with Gasteiger partial charge in [-0.1, -0.05) is 0 Å². The zero-order valence-electron chi connectivity index (χ0n) is 11.1. The molecule has 1 atom stereocenters. The van der Waals surface area contributed by atoms with Crippen molar-refractivity contribution in [1.29, 1.82) is 0 Å². The second-order valence-electron chi connectivity index (χ2n) is 5.28. The van der Waals surface area contributed by atoms with Crippen LogP contribution in [-0.2, 0) is 9.47 Å². The second kappa shape index (κ2) is 4.98. The molecule has 5 heteroatoms. The molecule has 0 spiro atoms. The maximum absolute atomic E-state index is 12.3. The van der Waals surface area contributed by atoms with Crippen LogP contribution in [0.1, 0.15) is 30.3 Å². The topological polar surface area (TPSA) is 51.9 Å². The van der Waals surface area contributed by atoms with Crippen molar-refractivity contribution in [3.05, 3.63) is 24.2 Å². The van der Waals surface area contributed by atoms with E-state index in [0.29, 0.717) is 25.5 Å². The van der Waals surface area contributed by atoms with Crippen LogP contribution in [0, 0.1) is 5.92 Å². The summed E-state index contributed by atoms with van der Waals surface area (Å²) >= 11 is 0. The molecule has 3 rings (SSSR count). The van der Waals surface area contributed by atoms with E-state index in [9.17, 15) is 4.79 Å². The van der Waals surface area contributed by atoms with E-state index in [1.165, 1.54) is 6.26 Å². The van der Waals surface area contributed by atoms with Crippen molar-refractivity contribution in [2.45, 2.75) is 25.6 Å². The van der Waals surface area contributed by atoms with E-state index in [0.717, 1.165) is 19.4 Å². The number of furan rings is 1. The van der Waals surface area contributed by atoms with Gasteiger partial charge in [0.15, 0.2) is 11.5 Å². The van der Waals surface area contributed by atoms with Crippen LogP contribution < -0.4 is 0 Å². The number of piperidine rings is 1. The molecule has 3 heterocycles. The summed E-state index contributed by atoms with van der Waals surface area (Å²) < 4.78 is 16.6.